The van der Waals surface area contributed by atoms with Crippen molar-refractivity contribution in [2.24, 2.45) is 5.73 Å². The average Bonchev–Trinajstić information content (AvgIpc) is 2.89. The number of halogens is 1. The molecule has 0 spiro atoms. The van der Waals surface area contributed by atoms with Gasteiger partial charge < -0.3 is 10.7 Å². The van der Waals surface area contributed by atoms with Gasteiger partial charge >= 0.3 is 0 Å². The van der Waals surface area contributed by atoms with E-state index in [2.05, 4.69) is 63.2 Å². The SMILES string of the molecule is Cc1ccc(-c2[nH]c3c(Br)cccc3c2CCCCN)nc1. The summed E-state index contributed by atoms with van der Waals surface area (Å²) in [4.78, 5) is 8.15. The second-order valence-corrected chi connectivity index (χ2v) is 6.46. The minimum absolute atomic E-state index is 0.740. The molecule has 0 radical (unpaired) electrons. The number of rotatable bonds is 5. The molecule has 3 aromatic rings. The van der Waals surface area contributed by atoms with Gasteiger partial charge in [-0.1, -0.05) is 18.2 Å². The fourth-order valence-corrected chi connectivity index (χ4v) is 3.24. The highest BCUT2D eigenvalue weighted by Crippen LogP contribution is 2.34. The van der Waals surface area contributed by atoms with Crippen LogP contribution in [-0.4, -0.2) is 16.5 Å². The Morgan fingerprint density at radius 3 is 2.77 bits per heavy atom. The summed E-state index contributed by atoms with van der Waals surface area (Å²) in [6.07, 6.45) is 5.06. The van der Waals surface area contributed by atoms with Gasteiger partial charge in [-0.3, -0.25) is 4.98 Å². The van der Waals surface area contributed by atoms with Gasteiger partial charge in [-0.15, -0.1) is 0 Å². The monoisotopic (exact) mass is 357 g/mol. The summed E-state index contributed by atoms with van der Waals surface area (Å²) < 4.78 is 1.09. The van der Waals surface area contributed by atoms with Crippen molar-refractivity contribution in [2.75, 3.05) is 6.54 Å². The molecule has 2 aromatic heterocycles. The summed E-state index contributed by atoms with van der Waals surface area (Å²) in [5.74, 6) is 0. The summed E-state index contributed by atoms with van der Waals surface area (Å²) in [6.45, 7) is 2.80. The van der Waals surface area contributed by atoms with Crippen molar-refractivity contribution in [3.8, 4) is 11.4 Å². The Morgan fingerprint density at radius 2 is 2.05 bits per heavy atom. The molecule has 0 aliphatic rings. The number of H-pyrrole nitrogens is 1. The number of aryl methyl sites for hydroxylation is 2. The number of hydrogen-bond acceptors (Lipinski definition) is 2. The number of nitrogens with one attached hydrogen (secondary N) is 1. The number of pyridine rings is 1. The quantitative estimate of drug-likeness (QED) is 0.656. The molecule has 2 heterocycles. The maximum Gasteiger partial charge on any atom is 0.0867 e. The third-order valence-corrected chi connectivity index (χ3v) is 4.60. The standard InChI is InChI=1S/C18H20BrN3/c1-12-8-9-16(21-11-12)18-14(5-2-3-10-20)13-6-4-7-15(19)17(13)22-18/h4,6-9,11,22H,2-3,5,10,20H2,1H3. The van der Waals surface area contributed by atoms with Crippen LogP contribution < -0.4 is 5.73 Å². The molecule has 114 valence electrons. The Morgan fingerprint density at radius 1 is 1.18 bits per heavy atom. The van der Waals surface area contributed by atoms with Crippen molar-refractivity contribution in [1.29, 1.82) is 0 Å². The summed E-state index contributed by atoms with van der Waals surface area (Å²) >= 11 is 3.64. The molecule has 0 bridgehead atoms. The Bertz CT molecular complexity index is 775. The van der Waals surface area contributed by atoms with E-state index in [1.54, 1.807) is 0 Å². The lowest BCUT2D eigenvalue weighted by molar-refractivity contribution is 0.748. The van der Waals surface area contributed by atoms with Gasteiger partial charge in [0.15, 0.2) is 0 Å². The molecule has 0 fully saturated rings. The molecule has 3 nitrogen and oxygen atoms in total. The molecular weight excluding hydrogens is 338 g/mol. The molecular formula is C18H20BrN3. The van der Waals surface area contributed by atoms with Gasteiger partial charge in [0.25, 0.3) is 0 Å². The third kappa shape index (κ3) is 2.94. The van der Waals surface area contributed by atoms with Gasteiger partial charge in [0.05, 0.1) is 16.9 Å². The molecule has 0 saturated heterocycles. The molecule has 0 saturated carbocycles. The van der Waals surface area contributed by atoms with Crippen LogP contribution in [0.4, 0.5) is 0 Å². The normalized spacial score (nSPS) is 11.2. The number of para-hydroxylation sites is 1. The van der Waals surface area contributed by atoms with Gasteiger partial charge in [-0.05, 0) is 71.9 Å². The first kappa shape index (κ1) is 15.3. The van der Waals surface area contributed by atoms with E-state index >= 15 is 0 Å². The number of unbranched alkanes of at least 4 members (excludes halogenated alkanes) is 1. The molecule has 22 heavy (non-hydrogen) atoms. The Labute approximate surface area is 139 Å². The van der Waals surface area contributed by atoms with Crippen LogP contribution in [0, 0.1) is 6.92 Å². The molecule has 0 atom stereocenters. The molecule has 3 N–H and O–H groups in total. The van der Waals surface area contributed by atoms with E-state index in [1.165, 1.54) is 16.5 Å². The van der Waals surface area contributed by atoms with E-state index in [0.717, 1.165) is 47.2 Å². The van der Waals surface area contributed by atoms with E-state index in [0.29, 0.717) is 0 Å². The Kier molecular flexibility index (Phi) is 4.60. The zero-order chi connectivity index (χ0) is 15.5. The largest absolute Gasteiger partial charge is 0.352 e. The van der Waals surface area contributed by atoms with Crippen LogP contribution in [-0.2, 0) is 6.42 Å². The smallest absolute Gasteiger partial charge is 0.0867 e. The predicted molar refractivity (Wildman–Crippen MR) is 96.0 cm³/mol. The predicted octanol–water partition coefficient (Wildman–Crippen LogP) is 4.58. The van der Waals surface area contributed by atoms with Crippen molar-refractivity contribution < 1.29 is 0 Å². The number of nitrogens with zero attached hydrogens (tertiary/aromatic N) is 1. The lowest BCUT2D eigenvalue weighted by atomic mass is 10.0. The molecule has 0 aliphatic heterocycles. The van der Waals surface area contributed by atoms with Gasteiger partial charge in [0, 0.05) is 16.1 Å². The minimum Gasteiger partial charge on any atom is -0.352 e. The fourth-order valence-electron chi connectivity index (χ4n) is 2.78. The number of benzene rings is 1. The van der Waals surface area contributed by atoms with Crippen LogP contribution in [0.15, 0.2) is 41.0 Å². The van der Waals surface area contributed by atoms with Gasteiger partial charge in [-0.2, -0.15) is 0 Å². The van der Waals surface area contributed by atoms with Crippen LogP contribution in [0.3, 0.4) is 0 Å². The average molecular weight is 358 g/mol. The highest BCUT2D eigenvalue weighted by Gasteiger charge is 2.15. The summed E-state index contributed by atoms with van der Waals surface area (Å²) in [7, 11) is 0. The first-order chi connectivity index (χ1) is 10.7. The van der Waals surface area contributed by atoms with E-state index in [4.69, 9.17) is 5.73 Å². The van der Waals surface area contributed by atoms with Crippen LogP contribution >= 0.6 is 15.9 Å². The molecule has 4 heteroatoms. The Balaban J connectivity index is 2.12. The third-order valence-electron chi connectivity index (χ3n) is 3.94. The van der Waals surface area contributed by atoms with Gasteiger partial charge in [0.2, 0.25) is 0 Å². The molecule has 3 rings (SSSR count). The van der Waals surface area contributed by atoms with Crippen molar-refractivity contribution in [1.82, 2.24) is 9.97 Å². The Hall–Kier alpha value is -1.65. The van der Waals surface area contributed by atoms with Crippen LogP contribution in [0.2, 0.25) is 0 Å². The highest BCUT2D eigenvalue weighted by molar-refractivity contribution is 9.10. The van der Waals surface area contributed by atoms with Crippen molar-refractivity contribution in [2.45, 2.75) is 26.2 Å². The van der Waals surface area contributed by atoms with Crippen LogP contribution in [0.25, 0.3) is 22.3 Å². The zero-order valence-corrected chi connectivity index (χ0v) is 14.3. The highest BCUT2D eigenvalue weighted by atomic mass is 79.9. The maximum absolute atomic E-state index is 5.64. The van der Waals surface area contributed by atoms with Gasteiger partial charge in [-0.25, -0.2) is 0 Å². The first-order valence-corrected chi connectivity index (χ1v) is 8.42. The lowest BCUT2D eigenvalue weighted by Crippen LogP contribution is -1.99. The fraction of sp³-hybridized carbons (Fsp3) is 0.278. The molecule has 1 aromatic carbocycles. The number of hydrogen-bond donors (Lipinski definition) is 2. The topological polar surface area (TPSA) is 54.7 Å². The van der Waals surface area contributed by atoms with Crippen LogP contribution in [0.5, 0.6) is 0 Å². The molecule has 0 aliphatic carbocycles. The molecule has 0 amide bonds. The number of aromatic amines is 1. The lowest BCUT2D eigenvalue weighted by Gasteiger charge is -2.05. The number of aromatic nitrogens is 2. The van der Waals surface area contributed by atoms with E-state index in [9.17, 15) is 0 Å². The zero-order valence-electron chi connectivity index (χ0n) is 12.7. The number of fused-ring (bicyclic) bond motifs is 1. The minimum atomic E-state index is 0.740. The van der Waals surface area contributed by atoms with E-state index in [1.807, 2.05) is 6.20 Å². The first-order valence-electron chi connectivity index (χ1n) is 7.63. The summed E-state index contributed by atoms with van der Waals surface area (Å²) in [5, 5.41) is 1.27. The van der Waals surface area contributed by atoms with Crippen molar-refractivity contribution in [3.05, 3.63) is 52.1 Å². The van der Waals surface area contributed by atoms with E-state index in [-0.39, 0.29) is 0 Å². The second-order valence-electron chi connectivity index (χ2n) is 5.61. The maximum atomic E-state index is 5.64. The second kappa shape index (κ2) is 6.63. The van der Waals surface area contributed by atoms with E-state index < -0.39 is 0 Å². The molecule has 0 unspecified atom stereocenters. The van der Waals surface area contributed by atoms with Gasteiger partial charge in [0.1, 0.15) is 0 Å². The van der Waals surface area contributed by atoms with Crippen molar-refractivity contribution in [3.63, 3.8) is 0 Å². The summed E-state index contributed by atoms with van der Waals surface area (Å²) in [6, 6.07) is 10.5. The summed E-state index contributed by atoms with van der Waals surface area (Å²) in [5.41, 5.74) is 11.4. The van der Waals surface area contributed by atoms with Crippen LogP contribution in [0.1, 0.15) is 24.0 Å². The van der Waals surface area contributed by atoms with Crippen molar-refractivity contribution >= 4 is 26.8 Å². The number of nitrogens with two attached hydrogens (primary N) is 1.